The third kappa shape index (κ3) is 6.20. The van der Waals surface area contributed by atoms with Crippen LogP contribution in [0.15, 0.2) is 35.3 Å². The molecule has 1 aromatic carbocycles. The predicted molar refractivity (Wildman–Crippen MR) is 125 cm³/mol. The highest BCUT2D eigenvalue weighted by Gasteiger charge is 2.40. The number of benzene rings is 1. The second-order valence-electron chi connectivity index (χ2n) is 9.32. The van der Waals surface area contributed by atoms with E-state index >= 15 is 0 Å². The Labute approximate surface area is 187 Å². The number of guanidine groups is 1. The van der Waals surface area contributed by atoms with Crippen molar-refractivity contribution in [3.63, 3.8) is 0 Å². The van der Waals surface area contributed by atoms with E-state index < -0.39 is 10.0 Å². The molecule has 3 fully saturated rings. The molecule has 2 unspecified atom stereocenters. The molecule has 1 saturated carbocycles. The molecule has 2 aliphatic heterocycles. The predicted octanol–water partition coefficient (Wildman–Crippen LogP) is 2.07. The first-order valence-electron chi connectivity index (χ1n) is 11.8. The lowest BCUT2D eigenvalue weighted by Crippen LogP contribution is -2.52. The molecule has 1 aliphatic carbocycles. The van der Waals surface area contributed by atoms with Gasteiger partial charge in [0.15, 0.2) is 5.96 Å². The lowest BCUT2D eigenvalue weighted by Gasteiger charge is -2.39. The Morgan fingerprint density at radius 2 is 1.81 bits per heavy atom. The summed E-state index contributed by atoms with van der Waals surface area (Å²) >= 11 is 0. The average Bonchev–Trinajstić information content (AvgIpc) is 2.94. The van der Waals surface area contributed by atoms with Crippen molar-refractivity contribution in [2.24, 2.45) is 10.9 Å². The standard InChI is InChI=1S/C23H37N5O2S/c1-24-23(25-12-13-31(29,30)26-16-18-8-5-9-18)27-20-14-21-10-11-22(15-20)28(21)17-19-6-3-2-4-7-19/h2-4,6-7,18,20-22,26H,5,8-17H2,1H3,(H2,24,25,27). The molecular formula is C23H37N5O2S. The average molecular weight is 448 g/mol. The minimum atomic E-state index is -3.24. The number of aliphatic imine (C=N–C) groups is 1. The van der Waals surface area contributed by atoms with E-state index in [4.69, 9.17) is 0 Å². The van der Waals surface area contributed by atoms with Gasteiger partial charge in [-0.25, -0.2) is 13.1 Å². The van der Waals surface area contributed by atoms with Crippen LogP contribution in [0, 0.1) is 5.92 Å². The Hall–Kier alpha value is -1.64. The van der Waals surface area contributed by atoms with Crippen molar-refractivity contribution in [3.8, 4) is 0 Å². The molecule has 0 radical (unpaired) electrons. The first-order valence-corrected chi connectivity index (χ1v) is 13.4. The summed E-state index contributed by atoms with van der Waals surface area (Å²) in [4.78, 5) is 6.99. The number of piperidine rings is 1. The molecule has 3 N–H and O–H groups in total. The van der Waals surface area contributed by atoms with Crippen molar-refractivity contribution >= 4 is 16.0 Å². The van der Waals surface area contributed by atoms with E-state index in [1.54, 1.807) is 7.05 Å². The Kier molecular flexibility index (Phi) is 7.51. The first-order chi connectivity index (χ1) is 15.0. The van der Waals surface area contributed by atoms with Gasteiger partial charge in [0.05, 0.1) is 5.75 Å². The topological polar surface area (TPSA) is 85.8 Å². The van der Waals surface area contributed by atoms with Gasteiger partial charge >= 0.3 is 0 Å². The van der Waals surface area contributed by atoms with Crippen molar-refractivity contribution in [1.29, 1.82) is 0 Å². The molecular weight excluding hydrogens is 410 g/mol. The van der Waals surface area contributed by atoms with Crippen molar-refractivity contribution in [2.75, 3.05) is 25.9 Å². The zero-order valence-corrected chi connectivity index (χ0v) is 19.4. The maximum atomic E-state index is 12.2. The molecule has 2 saturated heterocycles. The Morgan fingerprint density at radius 1 is 1.10 bits per heavy atom. The molecule has 172 valence electrons. The fraction of sp³-hybridized carbons (Fsp3) is 0.696. The number of hydrogen-bond acceptors (Lipinski definition) is 4. The van der Waals surface area contributed by atoms with Crippen LogP contribution < -0.4 is 15.4 Å². The minimum Gasteiger partial charge on any atom is -0.355 e. The summed E-state index contributed by atoms with van der Waals surface area (Å²) in [6.07, 6.45) is 8.23. The highest BCUT2D eigenvalue weighted by molar-refractivity contribution is 7.89. The van der Waals surface area contributed by atoms with Crippen LogP contribution in [0.1, 0.15) is 50.5 Å². The van der Waals surface area contributed by atoms with Gasteiger partial charge in [-0.1, -0.05) is 36.8 Å². The van der Waals surface area contributed by atoms with Crippen LogP contribution in [0.4, 0.5) is 0 Å². The highest BCUT2D eigenvalue weighted by atomic mass is 32.2. The number of hydrogen-bond donors (Lipinski definition) is 3. The number of sulfonamides is 1. The molecule has 3 aliphatic rings. The van der Waals surface area contributed by atoms with E-state index in [-0.39, 0.29) is 5.75 Å². The van der Waals surface area contributed by atoms with E-state index in [0.29, 0.717) is 43.1 Å². The van der Waals surface area contributed by atoms with Crippen molar-refractivity contribution in [2.45, 2.75) is 69.6 Å². The number of nitrogens with zero attached hydrogens (tertiary/aromatic N) is 2. The van der Waals surface area contributed by atoms with E-state index in [0.717, 1.165) is 32.2 Å². The second-order valence-corrected chi connectivity index (χ2v) is 11.2. The molecule has 2 atom stereocenters. The van der Waals surface area contributed by atoms with Gasteiger partial charge in [0, 0.05) is 44.8 Å². The Balaban J connectivity index is 1.21. The minimum absolute atomic E-state index is 0.0706. The summed E-state index contributed by atoms with van der Waals surface area (Å²) in [5.41, 5.74) is 1.38. The van der Waals surface area contributed by atoms with Gasteiger partial charge in [-0.2, -0.15) is 0 Å². The van der Waals surface area contributed by atoms with Gasteiger partial charge in [-0.15, -0.1) is 0 Å². The zero-order valence-electron chi connectivity index (χ0n) is 18.6. The van der Waals surface area contributed by atoms with Gasteiger partial charge in [0.1, 0.15) is 0 Å². The van der Waals surface area contributed by atoms with Crippen LogP contribution in [0.3, 0.4) is 0 Å². The van der Waals surface area contributed by atoms with E-state index in [9.17, 15) is 8.42 Å². The fourth-order valence-corrected chi connectivity index (χ4v) is 6.15. The summed E-state index contributed by atoms with van der Waals surface area (Å²) in [5.74, 6) is 1.30. The van der Waals surface area contributed by atoms with E-state index in [2.05, 4.69) is 55.6 Å². The molecule has 2 heterocycles. The van der Waals surface area contributed by atoms with Crippen LogP contribution >= 0.6 is 0 Å². The third-order valence-corrected chi connectivity index (χ3v) is 8.48. The van der Waals surface area contributed by atoms with E-state index in [1.807, 2.05) is 0 Å². The van der Waals surface area contributed by atoms with Crippen LogP contribution in [0.5, 0.6) is 0 Å². The van der Waals surface area contributed by atoms with Crippen LogP contribution in [-0.2, 0) is 16.6 Å². The summed E-state index contributed by atoms with van der Waals surface area (Å²) in [5, 5.41) is 6.74. The highest BCUT2D eigenvalue weighted by Crippen LogP contribution is 2.36. The molecule has 2 bridgehead atoms. The number of fused-ring (bicyclic) bond motifs is 2. The zero-order chi connectivity index (χ0) is 21.7. The summed E-state index contributed by atoms with van der Waals surface area (Å²) in [6, 6.07) is 12.3. The summed E-state index contributed by atoms with van der Waals surface area (Å²) in [6.45, 7) is 1.97. The van der Waals surface area contributed by atoms with Gasteiger partial charge in [-0.05, 0) is 50.0 Å². The van der Waals surface area contributed by atoms with Crippen LogP contribution in [-0.4, -0.2) is 63.3 Å². The molecule has 0 aromatic heterocycles. The molecule has 0 amide bonds. The molecule has 0 spiro atoms. The van der Waals surface area contributed by atoms with E-state index in [1.165, 1.54) is 24.8 Å². The van der Waals surface area contributed by atoms with Gasteiger partial charge in [-0.3, -0.25) is 9.89 Å². The molecule has 1 aromatic rings. The van der Waals surface area contributed by atoms with Crippen LogP contribution in [0.25, 0.3) is 0 Å². The van der Waals surface area contributed by atoms with Gasteiger partial charge < -0.3 is 10.6 Å². The first kappa shape index (κ1) is 22.6. The maximum absolute atomic E-state index is 12.2. The monoisotopic (exact) mass is 447 g/mol. The Morgan fingerprint density at radius 3 is 2.42 bits per heavy atom. The van der Waals surface area contributed by atoms with Gasteiger partial charge in [0.2, 0.25) is 10.0 Å². The molecule has 4 rings (SSSR count). The van der Waals surface area contributed by atoms with Gasteiger partial charge in [0.25, 0.3) is 0 Å². The molecule has 7 nitrogen and oxygen atoms in total. The SMILES string of the molecule is CN=C(NCCS(=O)(=O)NCC1CCC1)NC1CC2CCC(C1)N2Cc1ccccc1. The van der Waals surface area contributed by atoms with Crippen molar-refractivity contribution in [3.05, 3.63) is 35.9 Å². The second kappa shape index (κ2) is 10.3. The normalized spacial score (nSPS) is 27.1. The summed E-state index contributed by atoms with van der Waals surface area (Å²) < 4.78 is 27.1. The lowest BCUT2D eigenvalue weighted by molar-refractivity contribution is 0.114. The fourth-order valence-electron chi connectivity index (χ4n) is 5.15. The summed E-state index contributed by atoms with van der Waals surface area (Å²) in [7, 11) is -1.49. The third-order valence-electron chi connectivity index (χ3n) is 7.14. The quantitative estimate of drug-likeness (QED) is 0.399. The lowest BCUT2D eigenvalue weighted by atomic mass is 9.86. The van der Waals surface area contributed by atoms with Crippen molar-refractivity contribution in [1.82, 2.24) is 20.3 Å². The number of rotatable bonds is 9. The number of nitrogens with one attached hydrogen (secondary N) is 3. The smallest absolute Gasteiger partial charge is 0.213 e. The maximum Gasteiger partial charge on any atom is 0.213 e. The Bertz CT molecular complexity index is 827. The molecule has 8 heteroatoms. The molecule has 31 heavy (non-hydrogen) atoms. The largest absolute Gasteiger partial charge is 0.355 e. The van der Waals surface area contributed by atoms with Crippen molar-refractivity contribution < 1.29 is 8.42 Å². The van der Waals surface area contributed by atoms with Crippen LogP contribution in [0.2, 0.25) is 0 Å².